The van der Waals surface area contributed by atoms with Gasteiger partial charge in [0.05, 0.1) is 24.7 Å². The number of hydrogen-bond donors (Lipinski definition) is 1. The fraction of sp³-hybridized carbons (Fsp3) is 0.632. The summed E-state index contributed by atoms with van der Waals surface area (Å²) in [6.07, 6.45) is 5.59. The minimum atomic E-state index is 0.0751. The van der Waals surface area contributed by atoms with Crippen molar-refractivity contribution in [2.75, 3.05) is 26.2 Å². The van der Waals surface area contributed by atoms with Crippen molar-refractivity contribution in [2.45, 2.75) is 104 Å². The van der Waals surface area contributed by atoms with Gasteiger partial charge in [-0.05, 0) is 86.1 Å². The highest BCUT2D eigenvalue weighted by Gasteiger charge is 2.61. The number of ether oxygens (including phenoxy) is 1. The van der Waals surface area contributed by atoms with Crippen molar-refractivity contribution in [3.63, 3.8) is 0 Å². The number of nitrogens with one attached hydrogen (secondary N) is 1. The summed E-state index contributed by atoms with van der Waals surface area (Å²) < 4.78 is 6.28. The zero-order valence-corrected chi connectivity index (χ0v) is 27.8. The third kappa shape index (κ3) is 6.92. The Morgan fingerprint density at radius 3 is 2.45 bits per heavy atom. The van der Waals surface area contributed by atoms with E-state index in [4.69, 9.17) is 4.74 Å². The minimum absolute atomic E-state index is 0.0751. The summed E-state index contributed by atoms with van der Waals surface area (Å²) in [6, 6.07) is 18.5. The van der Waals surface area contributed by atoms with E-state index in [0.717, 1.165) is 44.8 Å². The van der Waals surface area contributed by atoms with Crippen molar-refractivity contribution < 1.29 is 14.3 Å². The zero-order valence-electron chi connectivity index (χ0n) is 27.8. The van der Waals surface area contributed by atoms with Crippen molar-refractivity contribution in [3.8, 4) is 5.75 Å². The van der Waals surface area contributed by atoms with E-state index < -0.39 is 0 Å². The average molecular weight is 600 g/mol. The lowest BCUT2D eigenvalue weighted by molar-refractivity contribution is -0.128. The van der Waals surface area contributed by atoms with E-state index in [1.54, 1.807) is 6.92 Å². The van der Waals surface area contributed by atoms with Crippen LogP contribution in [-0.4, -0.2) is 65.9 Å². The van der Waals surface area contributed by atoms with Gasteiger partial charge in [0.2, 0.25) is 5.91 Å². The van der Waals surface area contributed by atoms with Gasteiger partial charge in [0, 0.05) is 37.4 Å². The first-order valence-corrected chi connectivity index (χ1v) is 17.0. The summed E-state index contributed by atoms with van der Waals surface area (Å²) in [5.41, 5.74) is 4.19. The van der Waals surface area contributed by atoms with Gasteiger partial charge in [-0.15, -0.1) is 0 Å². The normalized spacial score (nSPS) is 28.6. The molecule has 4 aliphatic rings. The molecule has 44 heavy (non-hydrogen) atoms. The van der Waals surface area contributed by atoms with Gasteiger partial charge in [-0.1, -0.05) is 70.2 Å². The summed E-state index contributed by atoms with van der Waals surface area (Å²) in [7, 11) is 0. The van der Waals surface area contributed by atoms with Gasteiger partial charge in [0.25, 0.3) is 0 Å². The number of fused-ring (bicyclic) bond motifs is 1. The minimum Gasteiger partial charge on any atom is -0.493 e. The number of amides is 1. The number of rotatable bonds is 10. The molecule has 1 amide bonds. The highest BCUT2D eigenvalue weighted by molar-refractivity contribution is 5.80. The quantitative estimate of drug-likeness (QED) is 0.314. The smallest absolute Gasteiger partial charge is 0.223 e. The predicted octanol–water partition coefficient (Wildman–Crippen LogP) is 6.56. The molecule has 0 radical (unpaired) electrons. The van der Waals surface area contributed by atoms with Crippen LogP contribution in [0.2, 0.25) is 0 Å². The Labute approximate surface area is 264 Å². The maximum absolute atomic E-state index is 13.9. The van der Waals surface area contributed by atoms with Crippen LogP contribution in [0.5, 0.6) is 5.75 Å². The monoisotopic (exact) mass is 599 g/mol. The summed E-state index contributed by atoms with van der Waals surface area (Å²) >= 11 is 0. The number of benzene rings is 2. The molecule has 2 aromatic rings. The molecule has 6 atom stereocenters. The molecule has 2 aromatic carbocycles. The first kappa shape index (κ1) is 31.3. The Kier molecular flexibility index (Phi) is 8.71. The number of ketones is 1. The summed E-state index contributed by atoms with van der Waals surface area (Å²) in [4.78, 5) is 30.5. The topological polar surface area (TPSA) is 61.7 Å². The van der Waals surface area contributed by atoms with Crippen LogP contribution in [0.15, 0.2) is 48.5 Å². The Balaban J connectivity index is 1.22. The second kappa shape index (κ2) is 12.2. The number of piperidine rings is 2. The Morgan fingerprint density at radius 2 is 1.80 bits per heavy atom. The third-order valence-corrected chi connectivity index (χ3v) is 10.9. The first-order chi connectivity index (χ1) is 20.9. The molecule has 4 fully saturated rings. The number of Topliss-reactive ketones (excluding diaryl/α,β-unsaturated/α-hetero) is 1. The number of aryl methyl sites for hydroxylation is 1. The van der Waals surface area contributed by atoms with Crippen LogP contribution in [0.4, 0.5) is 0 Å². The second-order valence-corrected chi connectivity index (χ2v) is 15.9. The van der Waals surface area contributed by atoms with Crippen LogP contribution < -0.4 is 10.1 Å². The van der Waals surface area contributed by atoms with Crippen molar-refractivity contribution >= 4 is 11.7 Å². The van der Waals surface area contributed by atoms with Crippen LogP contribution >= 0.6 is 0 Å². The molecule has 3 saturated heterocycles. The van der Waals surface area contributed by atoms with Gasteiger partial charge in [0.15, 0.2) is 0 Å². The highest BCUT2D eigenvalue weighted by atomic mass is 16.5. The second-order valence-electron chi connectivity index (χ2n) is 15.9. The molecular weight excluding hydrogens is 546 g/mol. The van der Waals surface area contributed by atoms with E-state index in [1.165, 1.54) is 29.5 Å². The van der Waals surface area contributed by atoms with E-state index in [1.807, 2.05) is 0 Å². The molecule has 0 bridgehead atoms. The van der Waals surface area contributed by atoms with Crippen molar-refractivity contribution in [1.82, 2.24) is 15.1 Å². The van der Waals surface area contributed by atoms with Gasteiger partial charge in [-0.3, -0.25) is 14.5 Å². The molecule has 0 aromatic heterocycles. The Bertz CT molecular complexity index is 1350. The van der Waals surface area contributed by atoms with Crippen molar-refractivity contribution in [1.29, 1.82) is 0 Å². The van der Waals surface area contributed by atoms with E-state index in [-0.39, 0.29) is 29.3 Å². The van der Waals surface area contributed by atoms with E-state index >= 15 is 0 Å². The van der Waals surface area contributed by atoms with Gasteiger partial charge in [-0.2, -0.15) is 0 Å². The lowest BCUT2D eigenvalue weighted by atomic mass is 9.75. The van der Waals surface area contributed by atoms with Crippen molar-refractivity contribution in [3.05, 3.63) is 65.2 Å². The summed E-state index contributed by atoms with van der Waals surface area (Å²) in [6.45, 7) is 16.7. The molecule has 6 nitrogen and oxygen atoms in total. The van der Waals surface area contributed by atoms with E-state index in [2.05, 4.69) is 98.3 Å². The molecule has 0 spiro atoms. The maximum atomic E-state index is 13.9. The van der Waals surface area contributed by atoms with Gasteiger partial charge in [0.1, 0.15) is 11.5 Å². The molecule has 3 aliphatic heterocycles. The molecule has 1 aliphatic carbocycles. The molecule has 6 heteroatoms. The largest absolute Gasteiger partial charge is 0.493 e. The number of likely N-dealkylation sites (tertiary alicyclic amines) is 1. The lowest BCUT2D eigenvalue weighted by Gasteiger charge is -2.42. The van der Waals surface area contributed by atoms with Crippen LogP contribution in [0.25, 0.3) is 0 Å². The van der Waals surface area contributed by atoms with Crippen LogP contribution in [-0.2, 0) is 9.59 Å². The fourth-order valence-corrected chi connectivity index (χ4v) is 7.98. The Morgan fingerprint density at radius 1 is 1.05 bits per heavy atom. The van der Waals surface area contributed by atoms with Crippen LogP contribution in [0, 0.1) is 29.6 Å². The molecule has 238 valence electrons. The molecular formula is C38H53N3O3. The number of carbonyl (C=O) groups excluding carboxylic acids is 2. The standard InChI is InChI=1S/C38H53N3O3/c1-25-18-29(12-13-33(25)44-24-38(6)15-16-38)35(28-10-8-7-9-11-28)40-22-31(37(3,4)5)36-32(23-40)41(36)34(43)21-27-14-17-39-30(20-27)19-26(2)42/h7-13,18,27,30-32,35-36,39H,14-17,19-24H2,1-6H3. The highest BCUT2D eigenvalue weighted by Crippen LogP contribution is 2.50. The molecule has 1 N–H and O–H groups in total. The molecule has 3 heterocycles. The molecule has 1 saturated carbocycles. The molecule has 6 rings (SSSR count). The van der Waals surface area contributed by atoms with Crippen LogP contribution in [0.3, 0.4) is 0 Å². The van der Waals surface area contributed by atoms with E-state index in [9.17, 15) is 9.59 Å². The first-order valence-electron chi connectivity index (χ1n) is 17.0. The third-order valence-electron chi connectivity index (χ3n) is 10.9. The summed E-state index contributed by atoms with van der Waals surface area (Å²) in [5, 5.41) is 3.49. The van der Waals surface area contributed by atoms with Gasteiger partial charge in [-0.25, -0.2) is 0 Å². The van der Waals surface area contributed by atoms with Gasteiger partial charge >= 0.3 is 0 Å². The van der Waals surface area contributed by atoms with E-state index in [0.29, 0.717) is 42.0 Å². The predicted molar refractivity (Wildman–Crippen MR) is 176 cm³/mol. The summed E-state index contributed by atoms with van der Waals surface area (Å²) in [5.74, 6) is 2.25. The number of carbonyl (C=O) groups is 2. The van der Waals surface area contributed by atoms with Crippen molar-refractivity contribution in [2.24, 2.45) is 22.7 Å². The van der Waals surface area contributed by atoms with Crippen LogP contribution in [0.1, 0.15) is 95.9 Å². The number of nitrogens with zero attached hydrogens (tertiary/aromatic N) is 2. The average Bonchev–Trinajstić information content (AvgIpc) is 3.88. The lowest BCUT2D eigenvalue weighted by Crippen LogP contribution is -2.47. The maximum Gasteiger partial charge on any atom is 0.223 e. The Hall–Kier alpha value is -2.70. The van der Waals surface area contributed by atoms with Gasteiger partial charge < -0.3 is 15.0 Å². The molecule has 6 unspecified atom stereocenters. The number of hydrogen-bond acceptors (Lipinski definition) is 5. The SMILES string of the molecule is CC(=O)CC1CC(CC(=O)N2C3CN(C(c4ccccc4)c4ccc(OCC5(C)CC5)c(C)c4)CC(C(C)(C)C)C32)CCN1. The fourth-order valence-electron chi connectivity index (χ4n) is 7.98. The zero-order chi connectivity index (χ0) is 31.2.